The third-order valence-corrected chi connectivity index (χ3v) is 11.9. The maximum atomic E-state index is 14.3. The molecule has 2 aromatic carbocycles. The second-order valence-corrected chi connectivity index (χ2v) is 15.9. The van der Waals surface area contributed by atoms with E-state index in [4.69, 9.17) is 41.0 Å². The number of benzene rings is 2. The van der Waals surface area contributed by atoms with Crippen LogP contribution in [0.4, 0.5) is 16.2 Å². The van der Waals surface area contributed by atoms with Gasteiger partial charge in [-0.05, 0) is 69.6 Å². The number of hydrogen-bond donors (Lipinski definition) is 3. The number of hydrogen-bond acceptors (Lipinski definition) is 12. The summed E-state index contributed by atoms with van der Waals surface area (Å²) in [7, 11) is 6.37. The minimum absolute atomic E-state index is 0.0329. The van der Waals surface area contributed by atoms with Gasteiger partial charge in [-0.15, -0.1) is 0 Å². The van der Waals surface area contributed by atoms with Gasteiger partial charge in [0.05, 0.1) is 36.5 Å². The minimum atomic E-state index is -1.82. The molecular weight excluding hydrogens is 754 g/mol. The van der Waals surface area contributed by atoms with Crippen molar-refractivity contribution in [3.8, 4) is 5.75 Å². The zero-order valence-corrected chi connectivity index (χ0v) is 34.3. The Labute approximate surface area is 337 Å². The Balaban J connectivity index is 1.34. The molecular formula is C42H52ClN5O9. The second kappa shape index (κ2) is 16.6. The lowest BCUT2D eigenvalue weighted by atomic mass is 9.83. The number of nitrogens with one attached hydrogen (secondary N) is 1. The molecule has 6 rings (SSSR count). The van der Waals surface area contributed by atoms with E-state index in [1.807, 2.05) is 62.2 Å². The molecule has 0 saturated carbocycles. The monoisotopic (exact) mass is 805 g/mol. The molecule has 2 fully saturated rings. The van der Waals surface area contributed by atoms with Crippen LogP contribution in [0.15, 0.2) is 66.4 Å². The fourth-order valence-corrected chi connectivity index (χ4v) is 8.13. The minimum Gasteiger partial charge on any atom is -0.495 e. The first-order valence-corrected chi connectivity index (χ1v) is 19.3. The van der Waals surface area contributed by atoms with E-state index in [2.05, 4.69) is 10.3 Å². The van der Waals surface area contributed by atoms with Gasteiger partial charge in [0.1, 0.15) is 40.7 Å². The number of allylic oxidation sites excluding steroid dienone is 3. The summed E-state index contributed by atoms with van der Waals surface area (Å²) in [4.78, 5) is 49.0. The fourth-order valence-electron chi connectivity index (χ4n) is 7.82. The van der Waals surface area contributed by atoms with Crippen molar-refractivity contribution in [3.05, 3.63) is 82.5 Å². The van der Waals surface area contributed by atoms with E-state index in [0.29, 0.717) is 35.6 Å². The molecule has 2 amide bonds. The van der Waals surface area contributed by atoms with Gasteiger partial charge >= 0.3 is 12.1 Å². The lowest BCUT2D eigenvalue weighted by Crippen LogP contribution is -2.63. The quantitative estimate of drug-likeness (QED) is 0.159. The van der Waals surface area contributed by atoms with Gasteiger partial charge in [0.2, 0.25) is 5.91 Å². The molecule has 15 heteroatoms. The number of nitrogen functional groups attached to an aromatic ring is 1. The maximum absolute atomic E-state index is 14.3. The molecule has 3 aliphatic rings. The predicted molar refractivity (Wildman–Crippen MR) is 216 cm³/mol. The summed E-state index contributed by atoms with van der Waals surface area (Å²) in [5.74, 6) is -1.08. The Morgan fingerprint density at radius 1 is 1.25 bits per heavy atom. The molecule has 0 spiro atoms. The molecule has 57 heavy (non-hydrogen) atoms. The number of nitrogens with two attached hydrogens (primary N) is 1. The molecule has 2 saturated heterocycles. The van der Waals surface area contributed by atoms with Crippen molar-refractivity contribution in [1.29, 1.82) is 0 Å². The van der Waals surface area contributed by atoms with Gasteiger partial charge in [-0.3, -0.25) is 24.8 Å². The molecule has 0 aliphatic carbocycles. The van der Waals surface area contributed by atoms with E-state index in [9.17, 15) is 19.5 Å². The van der Waals surface area contributed by atoms with Crippen molar-refractivity contribution < 1.29 is 43.2 Å². The summed E-state index contributed by atoms with van der Waals surface area (Å²) in [5.41, 5.74) is 7.53. The van der Waals surface area contributed by atoms with Crippen LogP contribution in [0, 0.1) is 5.92 Å². The number of carbonyl (C=O) groups is 3. The average molecular weight is 806 g/mol. The lowest BCUT2D eigenvalue weighted by molar-refractivity contribution is -0.159. The normalized spacial score (nSPS) is 30.1. The summed E-state index contributed by atoms with van der Waals surface area (Å²) < 4.78 is 29.6. The van der Waals surface area contributed by atoms with Crippen LogP contribution in [0.1, 0.15) is 51.7 Å². The van der Waals surface area contributed by atoms with E-state index in [-0.39, 0.29) is 17.9 Å². The molecule has 0 unspecified atom stereocenters. The predicted octanol–water partition coefficient (Wildman–Crippen LogP) is 5.32. The second-order valence-electron chi connectivity index (χ2n) is 15.5. The Kier molecular flexibility index (Phi) is 12.2. The largest absolute Gasteiger partial charge is 0.495 e. The SMILES string of the molecule is COc1cc2cc(c1Cl)N(C)C(=O)C[C@H](OC(=O)[C@H](C)N(C)Cc1ccc(N)c3ncccc13)[C@]1(C)O[C@H]1[C@H](C)[C@@H]1C[C@@](O)(NC(=O)O1)[C@H](OC)/C=C/C=C(\C)C2. The molecule has 3 aliphatic heterocycles. The highest BCUT2D eigenvalue weighted by molar-refractivity contribution is 6.35. The molecule has 4 N–H and O–H groups in total. The number of likely N-dealkylation sites (N-methyl/N-ethyl adjacent to an activating group) is 1. The number of fused-ring (bicyclic) bond motifs is 6. The summed E-state index contributed by atoms with van der Waals surface area (Å²) in [6.07, 6.45) is 2.88. The number of pyridine rings is 1. The number of amides is 2. The van der Waals surface area contributed by atoms with Crippen molar-refractivity contribution in [2.24, 2.45) is 5.92 Å². The Hall–Kier alpha value is -4.73. The number of epoxide rings is 1. The van der Waals surface area contributed by atoms with Crippen molar-refractivity contribution in [3.63, 3.8) is 0 Å². The van der Waals surface area contributed by atoms with Gasteiger partial charge in [-0.25, -0.2) is 4.79 Å². The van der Waals surface area contributed by atoms with E-state index in [1.54, 1.807) is 45.3 Å². The van der Waals surface area contributed by atoms with Crippen LogP contribution in [0.25, 0.3) is 10.9 Å². The van der Waals surface area contributed by atoms with Crippen LogP contribution < -0.4 is 20.7 Å². The molecule has 0 radical (unpaired) electrons. The smallest absolute Gasteiger partial charge is 0.409 e. The molecule has 1 aromatic heterocycles. The van der Waals surface area contributed by atoms with Crippen LogP contribution in [0.2, 0.25) is 5.02 Å². The zero-order chi connectivity index (χ0) is 41.4. The van der Waals surface area contributed by atoms with Crippen LogP contribution >= 0.6 is 11.6 Å². The first-order valence-electron chi connectivity index (χ1n) is 18.9. The molecule has 3 aromatic rings. The van der Waals surface area contributed by atoms with Gasteiger partial charge in [-0.1, -0.05) is 54.5 Å². The number of carbonyl (C=O) groups excluding carboxylic acids is 3. The first-order chi connectivity index (χ1) is 27.0. The maximum Gasteiger partial charge on any atom is 0.409 e. The number of rotatable bonds is 7. The summed E-state index contributed by atoms with van der Waals surface area (Å²) >= 11 is 6.81. The van der Waals surface area contributed by atoms with Crippen molar-refractivity contribution in [2.45, 2.75) is 95.3 Å². The van der Waals surface area contributed by atoms with Crippen LogP contribution in [-0.4, -0.2) is 103 Å². The summed E-state index contributed by atoms with van der Waals surface area (Å²) in [5, 5.41) is 15.5. The highest BCUT2D eigenvalue weighted by Crippen LogP contribution is 2.49. The number of ether oxygens (including phenoxy) is 5. The topological polar surface area (TPSA) is 178 Å². The van der Waals surface area contributed by atoms with Crippen LogP contribution in [0.3, 0.4) is 0 Å². The molecule has 14 nitrogen and oxygen atoms in total. The third kappa shape index (κ3) is 8.60. The van der Waals surface area contributed by atoms with E-state index >= 15 is 0 Å². The number of aromatic nitrogens is 1. The number of esters is 1. The van der Waals surface area contributed by atoms with Gasteiger partial charge in [0.25, 0.3) is 0 Å². The van der Waals surface area contributed by atoms with Gasteiger partial charge in [-0.2, -0.15) is 0 Å². The standard InChI is InChI=1S/C42H52ClN5O9/c1-23-11-9-13-33(54-8)42(52)21-32(55-40(51)46-42)24(2)38-41(4,57-38)34(20-35(49)48(6)30-18-26(17-23)19-31(53-7)36(30)43)56-39(50)25(3)47(5)22-27-14-15-29(44)37-28(27)12-10-16-45-37/h9-16,18-19,24-25,32-34,38,52H,17,20-22,44H2,1-8H3,(H,46,51)/b13-9+,23-11+/t24-,25+,32+,33-,34+,38+,41+,42+/m1/s1. The number of methoxy groups -OCH3 is 2. The highest BCUT2D eigenvalue weighted by Gasteiger charge is 2.64. The van der Waals surface area contributed by atoms with Gasteiger partial charge < -0.3 is 39.4 Å². The van der Waals surface area contributed by atoms with Crippen LogP contribution in [0.5, 0.6) is 5.75 Å². The summed E-state index contributed by atoms with van der Waals surface area (Å²) in [6, 6.07) is 10.4. The van der Waals surface area contributed by atoms with Crippen LogP contribution in [-0.2, 0) is 41.5 Å². The molecule has 8 atom stereocenters. The highest BCUT2D eigenvalue weighted by atomic mass is 35.5. The van der Waals surface area contributed by atoms with Crippen molar-refractivity contribution >= 4 is 51.8 Å². The Morgan fingerprint density at radius 2 is 2.00 bits per heavy atom. The average Bonchev–Trinajstić information content (AvgIpc) is 3.88. The number of aliphatic hydroxyl groups is 1. The van der Waals surface area contributed by atoms with Crippen molar-refractivity contribution in [2.75, 3.05) is 38.9 Å². The first kappa shape index (κ1) is 41.9. The van der Waals surface area contributed by atoms with E-state index in [1.165, 1.54) is 19.1 Å². The molecule has 306 valence electrons. The number of nitrogens with zero attached hydrogens (tertiary/aromatic N) is 3. The zero-order valence-electron chi connectivity index (χ0n) is 33.6. The number of alkyl carbamates (subject to hydrolysis) is 1. The Bertz CT molecular complexity index is 2100. The lowest BCUT2D eigenvalue weighted by Gasteiger charge is -2.42. The van der Waals surface area contributed by atoms with E-state index in [0.717, 1.165) is 22.1 Å². The molecule has 4 heterocycles. The van der Waals surface area contributed by atoms with Gasteiger partial charge in [0, 0.05) is 44.6 Å². The number of halogens is 1. The fraction of sp³-hybridized carbons (Fsp3) is 0.476. The van der Waals surface area contributed by atoms with E-state index < -0.39 is 65.7 Å². The van der Waals surface area contributed by atoms with Gasteiger partial charge in [0.15, 0.2) is 5.72 Å². The third-order valence-electron chi connectivity index (χ3n) is 11.5. The Morgan fingerprint density at radius 3 is 2.72 bits per heavy atom. The van der Waals surface area contributed by atoms with Crippen molar-refractivity contribution in [1.82, 2.24) is 15.2 Å². The molecule has 4 bridgehead atoms. The number of anilines is 2. The summed E-state index contributed by atoms with van der Waals surface area (Å²) in [6.45, 7) is 7.65.